The van der Waals surface area contributed by atoms with Gasteiger partial charge in [-0.25, -0.2) is 19.2 Å². The zero-order valence-corrected chi connectivity index (χ0v) is 20.8. The molecule has 1 heterocycles. The lowest BCUT2D eigenvalue weighted by molar-refractivity contribution is -0.170. The highest BCUT2D eigenvalue weighted by Crippen LogP contribution is 2.21. The first-order chi connectivity index (χ1) is 16.7. The van der Waals surface area contributed by atoms with E-state index in [-0.39, 0.29) is 42.8 Å². The molecule has 1 atom stereocenters. The molecule has 1 fully saturated rings. The van der Waals surface area contributed by atoms with E-state index in [2.05, 4.69) is 5.32 Å². The Labute approximate surface area is 206 Å². The summed E-state index contributed by atoms with van der Waals surface area (Å²) in [5, 5.41) is 6.07. The Morgan fingerprint density at radius 3 is 2.34 bits per heavy atom. The molecule has 2 aromatic rings. The Morgan fingerprint density at radius 1 is 1.09 bits per heavy atom. The average Bonchev–Trinajstić information content (AvgIpc) is 2.81. The number of likely N-dealkylation sites (N-methyl/N-ethyl adjacent to an activating group) is 1. The quantitative estimate of drug-likeness (QED) is 0.627. The molecule has 35 heavy (non-hydrogen) atoms. The topological polar surface area (TPSA) is 76.2 Å². The van der Waals surface area contributed by atoms with Gasteiger partial charge >= 0.3 is 6.03 Å². The zero-order valence-electron chi connectivity index (χ0n) is 20.8. The van der Waals surface area contributed by atoms with Gasteiger partial charge in [-0.3, -0.25) is 9.59 Å². The number of urea groups is 1. The number of hydrogen-bond acceptors (Lipinski definition) is 4. The molecule has 0 bridgehead atoms. The monoisotopic (exact) mass is 483 g/mol. The van der Waals surface area contributed by atoms with Gasteiger partial charge in [0.15, 0.2) is 0 Å². The van der Waals surface area contributed by atoms with Crippen molar-refractivity contribution in [2.75, 3.05) is 26.7 Å². The molecule has 8 nitrogen and oxygen atoms in total. The Kier molecular flexibility index (Phi) is 8.81. The minimum absolute atomic E-state index is 0.0586. The molecule has 2 aromatic carbocycles. The van der Waals surface area contributed by atoms with Gasteiger partial charge < -0.3 is 15.1 Å². The van der Waals surface area contributed by atoms with E-state index in [9.17, 15) is 18.8 Å². The smallest absolute Gasteiger partial charge is 0.334 e. The van der Waals surface area contributed by atoms with Crippen molar-refractivity contribution in [2.24, 2.45) is 0 Å². The van der Waals surface area contributed by atoms with Crippen LogP contribution in [0.15, 0.2) is 54.6 Å². The van der Waals surface area contributed by atoms with Gasteiger partial charge in [0, 0.05) is 33.1 Å². The van der Waals surface area contributed by atoms with Crippen LogP contribution in [0, 0.1) is 5.82 Å². The molecule has 1 unspecified atom stereocenters. The number of nitrogens with zero attached hydrogens (tertiary/aromatic N) is 4. The molecular weight excluding hydrogens is 449 g/mol. The lowest BCUT2D eigenvalue weighted by Crippen LogP contribution is -2.71. The van der Waals surface area contributed by atoms with Gasteiger partial charge in [0.05, 0.1) is 13.1 Å². The SMILES string of the molecule is CC(=O)N(CCc1ccc(F)cc1)CC1N(C(C)C)C(=O)CN(C)N1C(=O)NCc1ccccc1. The second kappa shape index (κ2) is 11.8. The summed E-state index contributed by atoms with van der Waals surface area (Å²) in [5.41, 5.74) is 1.85. The molecule has 1 N–H and O–H groups in total. The Hall–Kier alpha value is -3.46. The molecule has 9 heteroatoms. The molecule has 188 valence electrons. The molecule has 0 radical (unpaired) electrons. The van der Waals surface area contributed by atoms with Crippen molar-refractivity contribution in [1.82, 2.24) is 25.1 Å². The number of hydrogen-bond donors (Lipinski definition) is 1. The maximum absolute atomic E-state index is 13.3. The average molecular weight is 484 g/mol. The predicted molar refractivity (Wildman–Crippen MR) is 131 cm³/mol. The third-order valence-corrected chi connectivity index (χ3v) is 6.09. The number of carbonyl (C=O) groups is 3. The zero-order chi connectivity index (χ0) is 25.5. The number of amides is 4. The van der Waals surface area contributed by atoms with Gasteiger partial charge in [-0.15, -0.1) is 0 Å². The molecule has 0 aliphatic carbocycles. The Bertz CT molecular complexity index is 1020. The summed E-state index contributed by atoms with van der Waals surface area (Å²) in [7, 11) is 1.70. The molecular formula is C26H34FN5O3. The summed E-state index contributed by atoms with van der Waals surface area (Å²) in [5.74, 6) is -0.589. The molecule has 1 aliphatic heterocycles. The van der Waals surface area contributed by atoms with Crippen LogP contribution in [0.4, 0.5) is 9.18 Å². The summed E-state index contributed by atoms with van der Waals surface area (Å²) in [4.78, 5) is 42.1. The van der Waals surface area contributed by atoms with Gasteiger partial charge in [0.1, 0.15) is 12.0 Å². The Morgan fingerprint density at radius 2 is 1.74 bits per heavy atom. The molecule has 3 rings (SSSR count). The van der Waals surface area contributed by atoms with E-state index < -0.39 is 6.17 Å². The van der Waals surface area contributed by atoms with Crippen molar-refractivity contribution in [1.29, 1.82) is 0 Å². The van der Waals surface area contributed by atoms with E-state index in [0.29, 0.717) is 19.5 Å². The van der Waals surface area contributed by atoms with Crippen molar-refractivity contribution in [3.8, 4) is 0 Å². The minimum Gasteiger partial charge on any atom is -0.339 e. The van der Waals surface area contributed by atoms with Gasteiger partial charge in [-0.2, -0.15) is 0 Å². The van der Waals surface area contributed by atoms with Crippen molar-refractivity contribution in [3.63, 3.8) is 0 Å². The first kappa shape index (κ1) is 26.2. The van der Waals surface area contributed by atoms with Crippen LogP contribution < -0.4 is 5.32 Å². The number of benzene rings is 2. The summed E-state index contributed by atoms with van der Waals surface area (Å²) in [6, 6.07) is 15.2. The van der Waals surface area contributed by atoms with E-state index in [0.717, 1.165) is 11.1 Å². The second-order valence-electron chi connectivity index (χ2n) is 9.02. The lowest BCUT2D eigenvalue weighted by atomic mass is 10.1. The third-order valence-electron chi connectivity index (χ3n) is 6.09. The van der Waals surface area contributed by atoms with E-state index in [1.807, 2.05) is 44.2 Å². The standard InChI is InChI=1S/C26H34FN5O3/c1-19(2)31-24(17-30(20(3)33)15-14-21-10-12-23(27)13-11-21)32(29(4)18-25(31)34)26(35)28-16-22-8-6-5-7-9-22/h5-13,19,24H,14-18H2,1-4H3,(H,28,35). The fourth-order valence-electron chi connectivity index (χ4n) is 4.30. The van der Waals surface area contributed by atoms with Crippen LogP contribution in [-0.2, 0) is 22.6 Å². The number of carbonyl (C=O) groups excluding carboxylic acids is 3. The van der Waals surface area contributed by atoms with E-state index >= 15 is 0 Å². The van der Waals surface area contributed by atoms with Gasteiger partial charge in [0.2, 0.25) is 11.8 Å². The maximum Gasteiger partial charge on any atom is 0.334 e. The number of nitrogens with one attached hydrogen (secondary N) is 1. The highest BCUT2D eigenvalue weighted by molar-refractivity contribution is 5.83. The number of rotatable bonds is 8. The Balaban J connectivity index is 1.80. The van der Waals surface area contributed by atoms with Gasteiger partial charge in [-0.1, -0.05) is 42.5 Å². The molecule has 4 amide bonds. The molecule has 1 saturated heterocycles. The maximum atomic E-state index is 13.3. The first-order valence-electron chi connectivity index (χ1n) is 11.8. The predicted octanol–water partition coefficient (Wildman–Crippen LogP) is 2.85. The summed E-state index contributed by atoms with van der Waals surface area (Å²) >= 11 is 0. The molecule has 1 aliphatic rings. The van der Waals surface area contributed by atoms with Crippen LogP contribution in [0.5, 0.6) is 0 Å². The summed E-state index contributed by atoms with van der Waals surface area (Å²) < 4.78 is 13.3. The first-order valence-corrected chi connectivity index (χ1v) is 11.8. The van der Waals surface area contributed by atoms with E-state index in [4.69, 9.17) is 0 Å². The number of halogens is 1. The summed E-state index contributed by atoms with van der Waals surface area (Å²) in [6.07, 6.45) is -0.146. The summed E-state index contributed by atoms with van der Waals surface area (Å²) in [6.45, 7) is 6.19. The van der Waals surface area contributed by atoms with Crippen LogP contribution in [0.25, 0.3) is 0 Å². The highest BCUT2D eigenvalue weighted by atomic mass is 19.1. The van der Waals surface area contributed by atoms with E-state index in [1.165, 1.54) is 24.1 Å². The molecule has 0 spiro atoms. The van der Waals surface area contributed by atoms with Crippen molar-refractivity contribution in [2.45, 2.75) is 45.9 Å². The van der Waals surface area contributed by atoms with Crippen molar-refractivity contribution >= 4 is 17.8 Å². The van der Waals surface area contributed by atoms with Crippen LogP contribution in [0.1, 0.15) is 31.9 Å². The normalized spacial score (nSPS) is 16.5. The van der Waals surface area contributed by atoms with Gasteiger partial charge in [-0.05, 0) is 43.5 Å². The largest absolute Gasteiger partial charge is 0.339 e. The van der Waals surface area contributed by atoms with Gasteiger partial charge in [0.25, 0.3) is 0 Å². The second-order valence-corrected chi connectivity index (χ2v) is 9.02. The highest BCUT2D eigenvalue weighted by Gasteiger charge is 2.42. The van der Waals surface area contributed by atoms with Crippen LogP contribution in [-0.4, -0.2) is 76.6 Å². The van der Waals surface area contributed by atoms with Crippen LogP contribution in [0.2, 0.25) is 0 Å². The molecule has 0 aromatic heterocycles. The van der Waals surface area contributed by atoms with E-state index in [1.54, 1.807) is 34.0 Å². The number of hydrazine groups is 1. The van der Waals surface area contributed by atoms with Crippen molar-refractivity contribution in [3.05, 3.63) is 71.5 Å². The fraction of sp³-hybridized carbons (Fsp3) is 0.423. The van der Waals surface area contributed by atoms with Crippen molar-refractivity contribution < 1.29 is 18.8 Å². The lowest BCUT2D eigenvalue weighted by Gasteiger charge is -2.50. The molecule has 0 saturated carbocycles. The van der Waals surface area contributed by atoms with Crippen LogP contribution in [0.3, 0.4) is 0 Å². The minimum atomic E-state index is -0.672. The van der Waals surface area contributed by atoms with Crippen LogP contribution >= 0.6 is 0 Å². The third kappa shape index (κ3) is 6.79. The fourth-order valence-corrected chi connectivity index (χ4v) is 4.30.